The van der Waals surface area contributed by atoms with Gasteiger partial charge < -0.3 is 14.8 Å². The molecule has 0 amide bonds. The number of nitrogens with zero attached hydrogens (tertiary/aromatic N) is 3. The van der Waals surface area contributed by atoms with Gasteiger partial charge in [-0.2, -0.15) is 0 Å². The lowest BCUT2D eigenvalue weighted by Gasteiger charge is -2.41. The Balaban J connectivity index is 1.94. The van der Waals surface area contributed by atoms with E-state index in [1.807, 2.05) is 12.4 Å². The number of hydrogen-bond acceptors (Lipinski definition) is 3. The van der Waals surface area contributed by atoms with Crippen molar-refractivity contribution >= 4 is 16.7 Å². The highest BCUT2D eigenvalue weighted by atomic mass is 15.2. The second kappa shape index (κ2) is 4.85. The smallest absolute Gasteiger partial charge is 0.139 e. The van der Waals surface area contributed by atoms with Gasteiger partial charge in [-0.15, -0.1) is 0 Å². The van der Waals surface area contributed by atoms with Crippen molar-refractivity contribution in [1.82, 2.24) is 14.9 Å². The largest absolute Gasteiger partial charge is 0.369 e. The van der Waals surface area contributed by atoms with Crippen molar-refractivity contribution < 1.29 is 0 Å². The van der Waals surface area contributed by atoms with Gasteiger partial charge in [0.2, 0.25) is 0 Å². The number of likely N-dealkylation sites (tertiary alicyclic amines) is 1. The first-order chi connectivity index (χ1) is 9.16. The van der Waals surface area contributed by atoms with Crippen LogP contribution >= 0.6 is 0 Å². The summed E-state index contributed by atoms with van der Waals surface area (Å²) >= 11 is 0. The first kappa shape index (κ1) is 12.5. The summed E-state index contributed by atoms with van der Waals surface area (Å²) in [5.74, 6) is 0.725. The lowest BCUT2D eigenvalue weighted by atomic mass is 9.92. The number of pyridine rings is 1. The molecule has 4 nitrogen and oxygen atoms in total. The average Bonchev–Trinajstić information content (AvgIpc) is 2.89. The minimum atomic E-state index is 0.569. The van der Waals surface area contributed by atoms with Crippen LogP contribution in [0.15, 0.2) is 24.5 Å². The molecular weight excluding hydrogens is 236 g/mol. The molecule has 0 aromatic carbocycles. The van der Waals surface area contributed by atoms with Crippen molar-refractivity contribution in [3.8, 4) is 0 Å². The molecule has 0 unspecified atom stereocenters. The predicted octanol–water partition coefficient (Wildman–Crippen LogP) is 2.34. The van der Waals surface area contributed by atoms with Gasteiger partial charge in [-0.05, 0) is 38.1 Å². The molecule has 19 heavy (non-hydrogen) atoms. The number of aromatic nitrogens is 2. The number of H-pyrrole nitrogens is 1. The zero-order valence-electron chi connectivity index (χ0n) is 11.9. The molecule has 2 aromatic heterocycles. The maximum Gasteiger partial charge on any atom is 0.139 e. The molecule has 1 saturated heterocycles. The summed E-state index contributed by atoms with van der Waals surface area (Å²) in [7, 11) is 4.42. The zero-order chi connectivity index (χ0) is 13.4. The summed E-state index contributed by atoms with van der Waals surface area (Å²) in [6.45, 7) is 4.71. The van der Waals surface area contributed by atoms with E-state index in [0.29, 0.717) is 6.04 Å². The highest BCUT2D eigenvalue weighted by Crippen LogP contribution is 2.29. The highest BCUT2D eigenvalue weighted by molar-refractivity contribution is 5.89. The van der Waals surface area contributed by atoms with Crippen LogP contribution in [0.25, 0.3) is 11.0 Å². The molecule has 0 aliphatic carbocycles. The Bertz CT molecular complexity index is 562. The molecule has 1 fully saturated rings. The van der Waals surface area contributed by atoms with Crippen molar-refractivity contribution in [2.45, 2.75) is 19.4 Å². The number of aromatic amines is 1. The molecule has 1 N–H and O–H groups in total. The first-order valence-corrected chi connectivity index (χ1v) is 7.00. The van der Waals surface area contributed by atoms with Crippen molar-refractivity contribution in [1.29, 1.82) is 0 Å². The van der Waals surface area contributed by atoms with Gasteiger partial charge in [0.15, 0.2) is 0 Å². The fraction of sp³-hybridized carbons (Fsp3) is 0.533. The summed E-state index contributed by atoms with van der Waals surface area (Å²) < 4.78 is 0. The molecule has 3 rings (SSSR count). The van der Waals surface area contributed by atoms with Crippen molar-refractivity contribution in [3.05, 3.63) is 24.5 Å². The number of likely N-dealkylation sites (N-methyl/N-ethyl adjacent to an activating group) is 2. The Morgan fingerprint density at radius 1 is 1.42 bits per heavy atom. The molecule has 1 aliphatic heterocycles. The number of hydrogen-bond donors (Lipinski definition) is 1. The van der Waals surface area contributed by atoms with E-state index in [-0.39, 0.29) is 0 Å². The molecule has 4 heteroatoms. The molecule has 2 aromatic rings. The van der Waals surface area contributed by atoms with E-state index in [1.165, 1.54) is 24.0 Å². The fourth-order valence-electron chi connectivity index (χ4n) is 3.14. The van der Waals surface area contributed by atoms with Gasteiger partial charge in [0, 0.05) is 43.1 Å². The van der Waals surface area contributed by atoms with Crippen LogP contribution in [0.3, 0.4) is 0 Å². The van der Waals surface area contributed by atoms with E-state index in [0.717, 1.165) is 18.1 Å². The minimum Gasteiger partial charge on any atom is -0.369 e. The topological polar surface area (TPSA) is 35.2 Å². The van der Waals surface area contributed by atoms with Gasteiger partial charge in [0.25, 0.3) is 0 Å². The molecule has 1 aliphatic rings. The summed E-state index contributed by atoms with van der Waals surface area (Å²) in [6, 6.07) is 4.81. The van der Waals surface area contributed by atoms with E-state index in [1.54, 1.807) is 0 Å². The van der Waals surface area contributed by atoms with E-state index in [9.17, 15) is 0 Å². The van der Waals surface area contributed by atoms with Crippen LogP contribution in [0.4, 0.5) is 5.69 Å². The Kier molecular flexibility index (Phi) is 3.19. The SMILES string of the molecule is C[C@@H]1CCN(C)C[C@@H]1N(C)c1ccnc2[nH]ccc12. The Morgan fingerprint density at radius 3 is 3.11 bits per heavy atom. The normalized spacial score (nSPS) is 24.8. The van der Waals surface area contributed by atoms with Crippen molar-refractivity contribution in [3.63, 3.8) is 0 Å². The van der Waals surface area contributed by atoms with Crippen LogP contribution in [0.2, 0.25) is 0 Å². The zero-order valence-corrected chi connectivity index (χ0v) is 11.9. The maximum absolute atomic E-state index is 4.37. The third-order valence-electron chi connectivity index (χ3n) is 4.44. The van der Waals surface area contributed by atoms with E-state index in [2.05, 4.69) is 52.9 Å². The van der Waals surface area contributed by atoms with Crippen LogP contribution in [0.1, 0.15) is 13.3 Å². The van der Waals surface area contributed by atoms with Crippen LogP contribution in [-0.2, 0) is 0 Å². The predicted molar refractivity (Wildman–Crippen MR) is 79.6 cm³/mol. The quantitative estimate of drug-likeness (QED) is 0.898. The van der Waals surface area contributed by atoms with Crippen LogP contribution in [0, 0.1) is 5.92 Å². The molecule has 102 valence electrons. The molecule has 0 saturated carbocycles. The second-order valence-electron chi connectivity index (χ2n) is 5.78. The second-order valence-corrected chi connectivity index (χ2v) is 5.78. The standard InChI is InChI=1S/C15H22N4/c1-11-6-9-18(2)10-14(11)19(3)13-5-8-17-15-12(13)4-7-16-15/h4-5,7-8,11,14H,6,9-10H2,1-3H3,(H,16,17)/t11-,14+/m1/s1. The minimum absolute atomic E-state index is 0.569. The number of rotatable bonds is 2. The summed E-state index contributed by atoms with van der Waals surface area (Å²) in [6.07, 6.45) is 5.13. The Labute approximate surface area is 114 Å². The van der Waals surface area contributed by atoms with Gasteiger partial charge in [-0.3, -0.25) is 0 Å². The van der Waals surface area contributed by atoms with Gasteiger partial charge in [0.1, 0.15) is 5.65 Å². The molecule has 0 spiro atoms. The van der Waals surface area contributed by atoms with Crippen molar-refractivity contribution in [2.75, 3.05) is 32.1 Å². The third-order valence-corrected chi connectivity index (χ3v) is 4.44. The van der Waals surface area contributed by atoms with E-state index >= 15 is 0 Å². The molecule has 3 heterocycles. The molecule has 0 radical (unpaired) electrons. The van der Waals surface area contributed by atoms with E-state index < -0.39 is 0 Å². The third kappa shape index (κ3) is 2.21. The van der Waals surface area contributed by atoms with Crippen molar-refractivity contribution in [2.24, 2.45) is 5.92 Å². The van der Waals surface area contributed by atoms with Gasteiger partial charge in [-0.25, -0.2) is 4.98 Å². The van der Waals surface area contributed by atoms with Gasteiger partial charge in [0.05, 0.1) is 0 Å². The van der Waals surface area contributed by atoms with Crippen LogP contribution < -0.4 is 4.90 Å². The van der Waals surface area contributed by atoms with Gasteiger partial charge >= 0.3 is 0 Å². The number of fused-ring (bicyclic) bond motifs is 1. The fourth-order valence-corrected chi connectivity index (χ4v) is 3.14. The first-order valence-electron chi connectivity index (χ1n) is 7.00. The summed E-state index contributed by atoms with van der Waals surface area (Å²) in [4.78, 5) is 12.4. The van der Waals surface area contributed by atoms with E-state index in [4.69, 9.17) is 0 Å². The number of nitrogens with one attached hydrogen (secondary N) is 1. The van der Waals surface area contributed by atoms with Crippen LogP contribution in [0.5, 0.6) is 0 Å². The summed E-state index contributed by atoms with van der Waals surface area (Å²) in [5, 5.41) is 1.21. The Morgan fingerprint density at radius 2 is 2.26 bits per heavy atom. The van der Waals surface area contributed by atoms with Gasteiger partial charge in [-0.1, -0.05) is 6.92 Å². The monoisotopic (exact) mass is 258 g/mol. The maximum atomic E-state index is 4.37. The Hall–Kier alpha value is -1.55. The average molecular weight is 258 g/mol. The molecule has 2 atom stereocenters. The number of anilines is 1. The highest BCUT2D eigenvalue weighted by Gasteiger charge is 2.28. The lowest BCUT2D eigenvalue weighted by Crippen LogP contribution is -2.49. The summed E-state index contributed by atoms with van der Waals surface area (Å²) in [5.41, 5.74) is 2.25. The molecule has 0 bridgehead atoms. The number of piperidine rings is 1. The molecular formula is C15H22N4. The lowest BCUT2D eigenvalue weighted by molar-refractivity contribution is 0.197. The van der Waals surface area contributed by atoms with Crippen LogP contribution in [-0.4, -0.2) is 48.1 Å².